The van der Waals surface area contributed by atoms with Gasteiger partial charge in [0.1, 0.15) is 6.29 Å². The molecule has 0 fully saturated rings. The summed E-state index contributed by atoms with van der Waals surface area (Å²) < 4.78 is 0. The van der Waals surface area contributed by atoms with Crippen LogP contribution in [0.25, 0.3) is 0 Å². The van der Waals surface area contributed by atoms with Crippen LogP contribution in [-0.2, 0) is 4.79 Å². The molecule has 24 heavy (non-hydrogen) atoms. The Kier molecular flexibility index (Phi) is 21.9. The quantitative estimate of drug-likeness (QED) is 0.124. The van der Waals surface area contributed by atoms with E-state index >= 15 is 0 Å². The monoisotopic (exact) mass is 336 g/mol. The zero-order chi connectivity index (χ0) is 17.6. The van der Waals surface area contributed by atoms with Crippen LogP contribution in [0.1, 0.15) is 129 Å². The molecule has 0 amide bonds. The molecule has 0 rings (SSSR count). The maximum atomic E-state index is 10.2. The van der Waals surface area contributed by atoms with Crippen molar-refractivity contribution in [3.05, 3.63) is 12.2 Å². The van der Waals surface area contributed by atoms with Crippen LogP contribution in [0.3, 0.4) is 0 Å². The Bertz CT molecular complexity index is 257. The summed E-state index contributed by atoms with van der Waals surface area (Å²) in [4.78, 5) is 10.2. The van der Waals surface area contributed by atoms with E-state index < -0.39 is 0 Å². The zero-order valence-corrected chi connectivity index (χ0v) is 16.6. The third-order valence-electron chi connectivity index (χ3n) is 4.83. The molecule has 0 aromatic carbocycles. The van der Waals surface area contributed by atoms with E-state index in [0.29, 0.717) is 0 Å². The number of unbranched alkanes of at least 4 members (excludes halogenated alkanes) is 17. The Morgan fingerprint density at radius 1 is 0.458 bits per heavy atom. The van der Waals surface area contributed by atoms with Crippen LogP contribution < -0.4 is 0 Å². The molecule has 0 atom stereocenters. The Labute approximate surface area is 152 Å². The predicted octanol–water partition coefficient (Wildman–Crippen LogP) is 8.17. The van der Waals surface area contributed by atoms with Crippen molar-refractivity contribution in [1.82, 2.24) is 0 Å². The summed E-state index contributed by atoms with van der Waals surface area (Å²) in [5.41, 5.74) is 0. The fourth-order valence-electron chi connectivity index (χ4n) is 3.18. The largest absolute Gasteiger partial charge is 0.303 e. The third kappa shape index (κ3) is 21.4. The maximum absolute atomic E-state index is 10.2. The minimum Gasteiger partial charge on any atom is -0.303 e. The van der Waals surface area contributed by atoms with Gasteiger partial charge < -0.3 is 4.79 Å². The number of aldehydes is 1. The number of carbonyl (C=O) groups excluding carboxylic acids is 1. The molecule has 0 N–H and O–H groups in total. The molecular formula is C23H44O. The molecule has 0 aromatic rings. The molecule has 1 heteroatoms. The fourth-order valence-corrected chi connectivity index (χ4v) is 3.18. The van der Waals surface area contributed by atoms with Gasteiger partial charge in [0.25, 0.3) is 0 Å². The van der Waals surface area contributed by atoms with E-state index in [1.165, 1.54) is 109 Å². The number of rotatable bonds is 20. The lowest BCUT2D eigenvalue weighted by molar-refractivity contribution is -0.107. The maximum Gasteiger partial charge on any atom is 0.119 e. The van der Waals surface area contributed by atoms with Crippen LogP contribution in [0.15, 0.2) is 12.2 Å². The van der Waals surface area contributed by atoms with Gasteiger partial charge in [0, 0.05) is 6.42 Å². The van der Waals surface area contributed by atoms with Gasteiger partial charge in [-0.1, -0.05) is 103 Å². The van der Waals surface area contributed by atoms with Crippen molar-refractivity contribution in [2.75, 3.05) is 0 Å². The van der Waals surface area contributed by atoms with Crippen molar-refractivity contribution < 1.29 is 4.79 Å². The van der Waals surface area contributed by atoms with Crippen LogP contribution in [0.5, 0.6) is 0 Å². The lowest BCUT2D eigenvalue weighted by Gasteiger charge is -2.02. The van der Waals surface area contributed by atoms with Crippen molar-refractivity contribution in [3.8, 4) is 0 Å². The summed E-state index contributed by atoms with van der Waals surface area (Å²) in [5.74, 6) is 0. The molecule has 0 heterocycles. The van der Waals surface area contributed by atoms with Crippen molar-refractivity contribution in [2.45, 2.75) is 129 Å². The van der Waals surface area contributed by atoms with Crippen molar-refractivity contribution in [2.24, 2.45) is 0 Å². The summed E-state index contributed by atoms with van der Waals surface area (Å²) in [7, 11) is 0. The topological polar surface area (TPSA) is 17.1 Å². The molecule has 0 unspecified atom stereocenters. The number of hydrogen-bond acceptors (Lipinski definition) is 1. The van der Waals surface area contributed by atoms with E-state index in [2.05, 4.69) is 19.1 Å². The van der Waals surface area contributed by atoms with E-state index in [4.69, 9.17) is 0 Å². The first-order chi connectivity index (χ1) is 11.9. The molecule has 0 aliphatic carbocycles. The highest BCUT2D eigenvalue weighted by atomic mass is 16.1. The van der Waals surface area contributed by atoms with Crippen LogP contribution in [0.4, 0.5) is 0 Å². The summed E-state index contributed by atoms with van der Waals surface area (Å²) >= 11 is 0. The average Bonchev–Trinajstić information content (AvgIpc) is 2.60. The van der Waals surface area contributed by atoms with Crippen molar-refractivity contribution >= 4 is 6.29 Å². The first kappa shape index (κ1) is 23.4. The molecule has 1 nitrogen and oxygen atoms in total. The molecule has 142 valence electrons. The summed E-state index contributed by atoms with van der Waals surface area (Å²) in [6.07, 6.45) is 31.0. The second-order valence-corrected chi connectivity index (χ2v) is 7.31. The van der Waals surface area contributed by atoms with Crippen molar-refractivity contribution in [3.63, 3.8) is 0 Å². The third-order valence-corrected chi connectivity index (χ3v) is 4.83. The van der Waals surface area contributed by atoms with E-state index in [9.17, 15) is 4.79 Å². The molecular weight excluding hydrogens is 292 g/mol. The fraction of sp³-hybridized carbons (Fsp3) is 0.870. The van der Waals surface area contributed by atoms with Crippen LogP contribution in [0.2, 0.25) is 0 Å². The number of allylic oxidation sites excluding steroid dienone is 2. The van der Waals surface area contributed by atoms with Gasteiger partial charge in [-0.2, -0.15) is 0 Å². The molecule has 0 aromatic heterocycles. The normalized spacial score (nSPS) is 11.4. The van der Waals surface area contributed by atoms with Gasteiger partial charge in [0.15, 0.2) is 0 Å². The zero-order valence-electron chi connectivity index (χ0n) is 16.6. The van der Waals surface area contributed by atoms with E-state index in [-0.39, 0.29) is 0 Å². The first-order valence-electron chi connectivity index (χ1n) is 11.0. The minimum atomic E-state index is 0.759. The highest BCUT2D eigenvalue weighted by Gasteiger charge is 1.93. The predicted molar refractivity (Wildman–Crippen MR) is 109 cm³/mol. The molecule has 0 spiro atoms. The molecule has 0 saturated carbocycles. The van der Waals surface area contributed by atoms with Gasteiger partial charge in [0.05, 0.1) is 0 Å². The Morgan fingerprint density at radius 3 is 1.17 bits per heavy atom. The summed E-state index contributed by atoms with van der Waals surface area (Å²) in [6, 6.07) is 0. The second kappa shape index (κ2) is 22.4. The Balaban J connectivity index is 3.02. The SMILES string of the molecule is CCCCCC/C=C/CCCCCCCCCCCCCCC=O. The second-order valence-electron chi connectivity index (χ2n) is 7.31. The Hall–Kier alpha value is -0.590. The summed E-state index contributed by atoms with van der Waals surface area (Å²) in [5, 5.41) is 0. The standard InChI is InChI=1S/C23H44O/c1-2-3-4-5-6-7-8-9-10-11-12-13-14-15-16-17-18-19-20-21-22-23-24/h7-8,23H,2-6,9-22H2,1H3/b8-7+. The van der Waals surface area contributed by atoms with Gasteiger partial charge in [-0.05, 0) is 32.1 Å². The highest BCUT2D eigenvalue weighted by molar-refractivity contribution is 5.48. The molecule has 0 saturated heterocycles. The van der Waals surface area contributed by atoms with Gasteiger partial charge in [-0.15, -0.1) is 0 Å². The number of hydrogen-bond donors (Lipinski definition) is 0. The van der Waals surface area contributed by atoms with Crippen LogP contribution in [0, 0.1) is 0 Å². The summed E-state index contributed by atoms with van der Waals surface area (Å²) in [6.45, 7) is 2.27. The minimum absolute atomic E-state index is 0.759. The van der Waals surface area contributed by atoms with Crippen LogP contribution in [-0.4, -0.2) is 6.29 Å². The number of carbonyl (C=O) groups is 1. The van der Waals surface area contributed by atoms with Gasteiger partial charge in [-0.3, -0.25) is 0 Å². The molecule has 0 radical (unpaired) electrons. The van der Waals surface area contributed by atoms with E-state index in [1.54, 1.807) is 0 Å². The lowest BCUT2D eigenvalue weighted by Crippen LogP contribution is -1.83. The smallest absolute Gasteiger partial charge is 0.119 e. The van der Waals surface area contributed by atoms with Gasteiger partial charge >= 0.3 is 0 Å². The average molecular weight is 337 g/mol. The van der Waals surface area contributed by atoms with Crippen molar-refractivity contribution in [1.29, 1.82) is 0 Å². The van der Waals surface area contributed by atoms with Gasteiger partial charge in [-0.25, -0.2) is 0 Å². The van der Waals surface area contributed by atoms with Crippen LogP contribution >= 0.6 is 0 Å². The highest BCUT2D eigenvalue weighted by Crippen LogP contribution is 2.13. The van der Waals surface area contributed by atoms with E-state index in [0.717, 1.165) is 19.1 Å². The molecule has 0 aliphatic heterocycles. The first-order valence-corrected chi connectivity index (χ1v) is 11.0. The van der Waals surface area contributed by atoms with Gasteiger partial charge in [0.2, 0.25) is 0 Å². The Morgan fingerprint density at radius 2 is 0.792 bits per heavy atom. The lowest BCUT2D eigenvalue weighted by atomic mass is 10.0. The van der Waals surface area contributed by atoms with E-state index in [1.807, 2.05) is 0 Å². The molecule has 0 aliphatic rings. The molecule has 0 bridgehead atoms.